The molecule has 0 aromatic heterocycles. The van der Waals surface area contributed by atoms with Gasteiger partial charge in [0, 0.05) is 22.8 Å². The van der Waals surface area contributed by atoms with Crippen LogP contribution >= 0.6 is 0 Å². The summed E-state index contributed by atoms with van der Waals surface area (Å²) in [6.45, 7) is 8.05. The smallest absolute Gasteiger partial charge is 0.170 e. The predicted molar refractivity (Wildman–Crippen MR) is 115 cm³/mol. The number of hydrogen-bond acceptors (Lipinski definition) is 4. The summed E-state index contributed by atoms with van der Waals surface area (Å²) in [6.07, 6.45) is 8.30. The Morgan fingerprint density at radius 3 is 2.76 bits per heavy atom. The number of phenolic OH excluding ortho intramolecular Hbond substituents is 2. The first-order valence-corrected chi connectivity index (χ1v) is 10.1. The van der Waals surface area contributed by atoms with E-state index in [4.69, 9.17) is 9.47 Å². The Kier molecular flexibility index (Phi) is 4.81. The van der Waals surface area contributed by atoms with Crippen LogP contribution in [0.3, 0.4) is 0 Å². The second-order valence-corrected chi connectivity index (χ2v) is 8.68. The van der Waals surface area contributed by atoms with Crippen molar-refractivity contribution < 1.29 is 19.7 Å². The summed E-state index contributed by atoms with van der Waals surface area (Å²) in [6, 6.07) is 7.33. The molecule has 1 atom stereocenters. The normalized spacial score (nSPS) is 18.8. The molecule has 4 nitrogen and oxygen atoms in total. The molecule has 2 aromatic rings. The minimum Gasteiger partial charge on any atom is -0.508 e. The first kappa shape index (κ1) is 19.4. The van der Waals surface area contributed by atoms with E-state index in [0.29, 0.717) is 12.2 Å². The molecule has 4 rings (SSSR count). The van der Waals surface area contributed by atoms with Crippen LogP contribution in [-0.2, 0) is 12.8 Å². The Labute approximate surface area is 172 Å². The van der Waals surface area contributed by atoms with Crippen LogP contribution in [0.5, 0.6) is 23.0 Å². The van der Waals surface area contributed by atoms with Gasteiger partial charge in [-0.3, -0.25) is 0 Å². The first-order valence-electron chi connectivity index (χ1n) is 10.1. The van der Waals surface area contributed by atoms with Gasteiger partial charge in [-0.2, -0.15) is 0 Å². The van der Waals surface area contributed by atoms with Crippen molar-refractivity contribution >= 4 is 6.08 Å². The predicted octanol–water partition coefficient (Wildman–Crippen LogP) is 5.86. The van der Waals surface area contributed by atoms with Crippen LogP contribution in [0, 0.1) is 0 Å². The van der Waals surface area contributed by atoms with Gasteiger partial charge < -0.3 is 19.7 Å². The van der Waals surface area contributed by atoms with E-state index in [0.717, 1.165) is 40.8 Å². The van der Waals surface area contributed by atoms with Gasteiger partial charge in [0.05, 0.1) is 0 Å². The molecule has 0 bridgehead atoms. The fourth-order valence-electron chi connectivity index (χ4n) is 3.91. The van der Waals surface area contributed by atoms with Crippen LogP contribution in [0.1, 0.15) is 62.5 Å². The molecule has 152 valence electrons. The number of aromatic hydroxyl groups is 2. The number of aryl methyl sites for hydroxylation is 1. The van der Waals surface area contributed by atoms with Gasteiger partial charge in [0.2, 0.25) is 0 Å². The van der Waals surface area contributed by atoms with Crippen molar-refractivity contribution in [3.63, 3.8) is 0 Å². The lowest BCUT2D eigenvalue weighted by molar-refractivity contribution is 0.148. The molecule has 0 radical (unpaired) electrons. The summed E-state index contributed by atoms with van der Waals surface area (Å²) in [5, 5.41) is 20.8. The number of ether oxygens (including phenoxy) is 2. The van der Waals surface area contributed by atoms with E-state index in [2.05, 4.69) is 6.08 Å². The van der Waals surface area contributed by atoms with Crippen molar-refractivity contribution in [1.82, 2.24) is 0 Å². The molecule has 2 heterocycles. The van der Waals surface area contributed by atoms with Gasteiger partial charge in [-0.1, -0.05) is 23.8 Å². The van der Waals surface area contributed by atoms with Gasteiger partial charge in [0.1, 0.15) is 23.2 Å². The highest BCUT2D eigenvalue weighted by atomic mass is 16.5. The highest BCUT2D eigenvalue weighted by molar-refractivity contribution is 5.71. The molecule has 0 amide bonds. The number of phenols is 2. The molecule has 29 heavy (non-hydrogen) atoms. The van der Waals surface area contributed by atoms with Gasteiger partial charge in [0.25, 0.3) is 0 Å². The number of allylic oxidation sites excluding steroid dienone is 2. The third-order valence-corrected chi connectivity index (χ3v) is 5.49. The molecular formula is C25H28O4. The van der Waals surface area contributed by atoms with Crippen molar-refractivity contribution in [2.45, 2.75) is 58.7 Å². The molecule has 0 fully saturated rings. The summed E-state index contributed by atoms with van der Waals surface area (Å²) in [5.41, 5.74) is 4.53. The molecule has 0 aliphatic carbocycles. The lowest BCUT2D eigenvalue weighted by atomic mass is 9.89. The van der Waals surface area contributed by atoms with E-state index < -0.39 is 5.60 Å². The monoisotopic (exact) mass is 392 g/mol. The molecule has 2 N–H and O–H groups in total. The minimum absolute atomic E-state index is 0.168. The molecule has 2 aliphatic heterocycles. The Hall–Kier alpha value is -2.88. The van der Waals surface area contributed by atoms with E-state index >= 15 is 0 Å². The molecule has 0 spiro atoms. The number of rotatable bonds is 3. The summed E-state index contributed by atoms with van der Waals surface area (Å²) < 4.78 is 12.5. The zero-order chi connectivity index (χ0) is 20.8. The van der Waals surface area contributed by atoms with Gasteiger partial charge in [-0.25, -0.2) is 0 Å². The molecular weight excluding hydrogens is 364 g/mol. The highest BCUT2D eigenvalue weighted by Gasteiger charge is 2.31. The second kappa shape index (κ2) is 7.18. The lowest BCUT2D eigenvalue weighted by Gasteiger charge is -2.33. The quantitative estimate of drug-likeness (QED) is 0.643. The van der Waals surface area contributed by atoms with Gasteiger partial charge in [-0.15, -0.1) is 0 Å². The zero-order valence-corrected chi connectivity index (χ0v) is 17.5. The molecule has 1 unspecified atom stereocenters. The number of benzene rings is 2. The molecule has 2 aliphatic rings. The Morgan fingerprint density at radius 1 is 1.21 bits per heavy atom. The maximum absolute atomic E-state index is 10.9. The Balaban J connectivity index is 1.80. The zero-order valence-electron chi connectivity index (χ0n) is 17.5. The minimum atomic E-state index is -0.483. The van der Waals surface area contributed by atoms with Crippen LogP contribution in [0.2, 0.25) is 0 Å². The number of fused-ring (bicyclic) bond motifs is 2. The molecule has 4 heteroatoms. The maximum atomic E-state index is 10.9. The topological polar surface area (TPSA) is 58.9 Å². The van der Waals surface area contributed by atoms with E-state index in [1.54, 1.807) is 12.1 Å². The summed E-state index contributed by atoms with van der Waals surface area (Å²) in [7, 11) is 0. The van der Waals surface area contributed by atoms with Gasteiger partial charge >= 0.3 is 0 Å². The summed E-state index contributed by atoms with van der Waals surface area (Å²) in [4.78, 5) is 0. The van der Waals surface area contributed by atoms with Gasteiger partial charge in [-0.05, 0) is 70.7 Å². The third kappa shape index (κ3) is 3.84. The van der Waals surface area contributed by atoms with Crippen molar-refractivity contribution in [2.24, 2.45) is 0 Å². The van der Waals surface area contributed by atoms with Crippen molar-refractivity contribution in [3.05, 3.63) is 64.2 Å². The van der Waals surface area contributed by atoms with Crippen molar-refractivity contribution in [3.8, 4) is 23.0 Å². The van der Waals surface area contributed by atoms with E-state index in [9.17, 15) is 10.2 Å². The van der Waals surface area contributed by atoms with Crippen LogP contribution < -0.4 is 9.47 Å². The summed E-state index contributed by atoms with van der Waals surface area (Å²) >= 11 is 0. The van der Waals surface area contributed by atoms with Crippen LogP contribution in [0.4, 0.5) is 0 Å². The van der Waals surface area contributed by atoms with Crippen LogP contribution in [-0.4, -0.2) is 15.8 Å². The SMILES string of the molecule is CC(C)=CCc1cc(C2CCc3ccc(O)cc3O2)c2c(c1O)OC(C)(C)C=C2. The van der Waals surface area contributed by atoms with E-state index in [-0.39, 0.29) is 17.6 Å². The largest absolute Gasteiger partial charge is 0.508 e. The Morgan fingerprint density at radius 2 is 2.00 bits per heavy atom. The standard InChI is InChI=1S/C25H28O4/c1-15(2)5-6-17-13-20(19-11-12-25(3,4)29-24(19)23(17)27)21-10-8-16-7-9-18(26)14-22(16)28-21/h5,7,9,11-14,21,26-27H,6,8,10H2,1-4H3. The summed E-state index contributed by atoms with van der Waals surface area (Å²) in [5.74, 6) is 1.64. The third-order valence-electron chi connectivity index (χ3n) is 5.49. The van der Waals surface area contributed by atoms with Crippen molar-refractivity contribution in [2.75, 3.05) is 0 Å². The average Bonchev–Trinajstić information content (AvgIpc) is 2.66. The van der Waals surface area contributed by atoms with E-state index in [1.165, 1.54) is 5.57 Å². The second-order valence-electron chi connectivity index (χ2n) is 8.68. The van der Waals surface area contributed by atoms with Crippen LogP contribution in [0.25, 0.3) is 6.08 Å². The van der Waals surface area contributed by atoms with Gasteiger partial charge in [0.15, 0.2) is 11.5 Å². The molecule has 0 saturated carbocycles. The van der Waals surface area contributed by atoms with Crippen LogP contribution in [0.15, 0.2) is 42.0 Å². The average molecular weight is 392 g/mol. The lowest BCUT2D eigenvalue weighted by Crippen LogP contribution is -2.28. The fourth-order valence-corrected chi connectivity index (χ4v) is 3.91. The molecule has 0 saturated heterocycles. The fraction of sp³-hybridized carbons (Fsp3) is 0.360. The highest BCUT2D eigenvalue weighted by Crippen LogP contribution is 2.47. The first-order chi connectivity index (χ1) is 13.7. The Bertz CT molecular complexity index is 1010. The molecule has 2 aromatic carbocycles. The van der Waals surface area contributed by atoms with Crippen molar-refractivity contribution in [1.29, 1.82) is 0 Å². The number of hydrogen-bond donors (Lipinski definition) is 2. The van der Waals surface area contributed by atoms with E-state index in [1.807, 2.05) is 52.0 Å². The maximum Gasteiger partial charge on any atom is 0.170 e.